The molecule has 1 aliphatic heterocycles. The molecule has 35 heavy (non-hydrogen) atoms. The first-order valence-electron chi connectivity index (χ1n) is 11.6. The van der Waals surface area contributed by atoms with Crippen LogP contribution in [0.5, 0.6) is 0 Å². The third-order valence-electron chi connectivity index (χ3n) is 5.70. The van der Waals surface area contributed by atoms with Crippen LogP contribution in [0.2, 0.25) is 0 Å². The molecule has 198 valence electrons. The van der Waals surface area contributed by atoms with E-state index in [1.807, 2.05) is 0 Å². The maximum absolute atomic E-state index is 13.0. The lowest BCUT2D eigenvalue weighted by Crippen LogP contribution is -2.56. The van der Waals surface area contributed by atoms with E-state index in [-0.39, 0.29) is 19.3 Å². The lowest BCUT2D eigenvalue weighted by Gasteiger charge is -2.28. The molecule has 0 saturated carbocycles. The van der Waals surface area contributed by atoms with E-state index < -0.39 is 66.2 Å². The molecular weight excluding hydrogens is 464 g/mol. The molecule has 0 aromatic heterocycles. The van der Waals surface area contributed by atoms with Crippen molar-refractivity contribution < 1.29 is 39.0 Å². The molecule has 14 nitrogen and oxygen atoms in total. The van der Waals surface area contributed by atoms with Gasteiger partial charge in [-0.15, -0.1) is 0 Å². The summed E-state index contributed by atoms with van der Waals surface area (Å²) in [6, 6.07) is -4.51. The number of aliphatic carboxylic acids is 2. The second-order valence-corrected chi connectivity index (χ2v) is 8.48. The average Bonchev–Trinajstić information content (AvgIpc) is 3.28. The van der Waals surface area contributed by atoms with Gasteiger partial charge in [0.05, 0.1) is 6.04 Å². The van der Waals surface area contributed by atoms with Gasteiger partial charge in [0.15, 0.2) is 0 Å². The van der Waals surface area contributed by atoms with Crippen molar-refractivity contribution >= 4 is 35.6 Å². The Hall–Kier alpha value is -3.26. The van der Waals surface area contributed by atoms with Gasteiger partial charge in [-0.05, 0) is 45.1 Å². The Morgan fingerprint density at radius 3 is 2.17 bits per heavy atom. The lowest BCUT2D eigenvalue weighted by molar-refractivity contribution is -0.144. The zero-order chi connectivity index (χ0) is 26.5. The summed E-state index contributed by atoms with van der Waals surface area (Å²) in [5.41, 5.74) is 16.6. The summed E-state index contributed by atoms with van der Waals surface area (Å²) in [7, 11) is 0. The number of rotatable bonds is 16. The monoisotopic (exact) mass is 500 g/mol. The molecule has 4 atom stereocenters. The van der Waals surface area contributed by atoms with Gasteiger partial charge >= 0.3 is 11.9 Å². The molecule has 0 aromatic rings. The standard InChI is InChI=1S/C21H36N6O8/c22-10-2-1-4-12(23)20(33)27-11-3-5-15(27)19(32)25-13(6-8-16(24)28)18(31)26-14(21(34)35)7-9-17(29)30/h12-15H,1-11,22-23H2,(H2,24,28)(H,25,32)(H,26,31)(H,29,30)(H,34,35). The largest absolute Gasteiger partial charge is 0.481 e. The number of carboxylic acids is 2. The Balaban J connectivity index is 2.90. The number of amides is 4. The van der Waals surface area contributed by atoms with Crippen LogP contribution in [-0.4, -0.2) is 87.9 Å². The summed E-state index contributed by atoms with van der Waals surface area (Å²) in [6.07, 6.45) is 1.32. The zero-order valence-corrected chi connectivity index (χ0v) is 19.6. The van der Waals surface area contributed by atoms with Crippen LogP contribution in [-0.2, 0) is 28.8 Å². The first kappa shape index (κ1) is 29.8. The van der Waals surface area contributed by atoms with Crippen molar-refractivity contribution in [2.24, 2.45) is 17.2 Å². The SMILES string of the molecule is NCCCCC(N)C(=O)N1CCCC1C(=O)NC(CCC(N)=O)C(=O)NC(CCC(=O)O)C(=O)O. The molecule has 0 spiro atoms. The molecular formula is C21H36N6O8. The number of nitrogens with one attached hydrogen (secondary N) is 2. The van der Waals surface area contributed by atoms with Gasteiger partial charge in [-0.2, -0.15) is 0 Å². The number of carboxylic acid groups (broad SMARTS) is 2. The van der Waals surface area contributed by atoms with Crippen LogP contribution in [0.25, 0.3) is 0 Å². The summed E-state index contributed by atoms with van der Waals surface area (Å²) in [6.45, 7) is 0.791. The second kappa shape index (κ2) is 14.9. The predicted octanol–water partition coefficient (Wildman–Crippen LogP) is -2.38. The minimum Gasteiger partial charge on any atom is -0.481 e. The molecule has 1 fully saturated rings. The van der Waals surface area contributed by atoms with Crippen LogP contribution in [0.1, 0.15) is 57.8 Å². The van der Waals surface area contributed by atoms with Crippen molar-refractivity contribution in [1.82, 2.24) is 15.5 Å². The second-order valence-electron chi connectivity index (χ2n) is 8.48. The Bertz CT molecular complexity index is 792. The van der Waals surface area contributed by atoms with E-state index >= 15 is 0 Å². The smallest absolute Gasteiger partial charge is 0.326 e. The van der Waals surface area contributed by atoms with Crippen molar-refractivity contribution in [3.63, 3.8) is 0 Å². The number of primary amides is 1. The number of nitrogens with zero attached hydrogens (tertiary/aromatic N) is 1. The van der Waals surface area contributed by atoms with Gasteiger partial charge in [-0.25, -0.2) is 4.79 Å². The molecule has 4 amide bonds. The van der Waals surface area contributed by atoms with Gasteiger partial charge in [-0.3, -0.25) is 24.0 Å². The summed E-state index contributed by atoms with van der Waals surface area (Å²) < 4.78 is 0. The molecule has 0 radical (unpaired) electrons. The van der Waals surface area contributed by atoms with E-state index in [0.29, 0.717) is 45.2 Å². The van der Waals surface area contributed by atoms with Crippen molar-refractivity contribution in [3.05, 3.63) is 0 Å². The van der Waals surface area contributed by atoms with E-state index in [4.69, 9.17) is 22.3 Å². The normalized spacial score (nSPS) is 17.8. The van der Waals surface area contributed by atoms with Gasteiger partial charge in [0.2, 0.25) is 23.6 Å². The van der Waals surface area contributed by atoms with E-state index in [1.54, 1.807) is 0 Å². The maximum atomic E-state index is 13.0. The molecule has 14 heteroatoms. The molecule has 10 N–H and O–H groups in total. The quantitative estimate of drug-likeness (QED) is 0.111. The first-order valence-corrected chi connectivity index (χ1v) is 11.6. The highest BCUT2D eigenvalue weighted by Crippen LogP contribution is 2.20. The minimum absolute atomic E-state index is 0.211. The highest BCUT2D eigenvalue weighted by molar-refractivity contribution is 5.94. The van der Waals surface area contributed by atoms with E-state index in [9.17, 15) is 33.9 Å². The van der Waals surface area contributed by atoms with Gasteiger partial charge in [0, 0.05) is 19.4 Å². The number of hydrogen-bond donors (Lipinski definition) is 7. The van der Waals surface area contributed by atoms with Crippen LogP contribution >= 0.6 is 0 Å². The van der Waals surface area contributed by atoms with Gasteiger partial charge in [0.1, 0.15) is 18.1 Å². The number of hydrogen-bond acceptors (Lipinski definition) is 8. The van der Waals surface area contributed by atoms with E-state index in [0.717, 1.165) is 0 Å². The van der Waals surface area contributed by atoms with Crippen LogP contribution in [0.3, 0.4) is 0 Å². The molecule has 1 aliphatic rings. The number of likely N-dealkylation sites (tertiary alicyclic amines) is 1. The number of carbonyl (C=O) groups is 6. The highest BCUT2D eigenvalue weighted by atomic mass is 16.4. The topological polar surface area (TPSA) is 248 Å². The summed E-state index contributed by atoms with van der Waals surface area (Å²) in [4.78, 5) is 73.3. The highest BCUT2D eigenvalue weighted by Gasteiger charge is 2.37. The average molecular weight is 501 g/mol. The summed E-state index contributed by atoms with van der Waals surface area (Å²) in [5.74, 6) is -5.37. The van der Waals surface area contributed by atoms with Crippen molar-refractivity contribution in [1.29, 1.82) is 0 Å². The Morgan fingerprint density at radius 2 is 1.60 bits per heavy atom. The molecule has 4 unspecified atom stereocenters. The maximum Gasteiger partial charge on any atom is 0.326 e. The lowest BCUT2D eigenvalue weighted by atomic mass is 10.1. The summed E-state index contributed by atoms with van der Waals surface area (Å²) in [5, 5.41) is 22.7. The van der Waals surface area contributed by atoms with Crippen LogP contribution < -0.4 is 27.8 Å². The van der Waals surface area contributed by atoms with Gasteiger partial charge < -0.3 is 42.9 Å². The van der Waals surface area contributed by atoms with Crippen molar-refractivity contribution in [3.8, 4) is 0 Å². The predicted molar refractivity (Wildman–Crippen MR) is 122 cm³/mol. The molecule has 0 aliphatic carbocycles. The van der Waals surface area contributed by atoms with E-state index in [2.05, 4.69) is 10.6 Å². The Kier molecular flexibility index (Phi) is 12.7. The van der Waals surface area contributed by atoms with Crippen LogP contribution in [0, 0.1) is 0 Å². The van der Waals surface area contributed by atoms with E-state index in [1.165, 1.54) is 4.90 Å². The van der Waals surface area contributed by atoms with Gasteiger partial charge in [-0.1, -0.05) is 6.42 Å². The minimum atomic E-state index is -1.51. The van der Waals surface area contributed by atoms with Crippen molar-refractivity contribution in [2.75, 3.05) is 13.1 Å². The Morgan fingerprint density at radius 1 is 0.943 bits per heavy atom. The fourth-order valence-corrected chi connectivity index (χ4v) is 3.77. The first-order chi connectivity index (χ1) is 16.5. The molecule has 0 aromatic carbocycles. The van der Waals surface area contributed by atoms with Gasteiger partial charge in [0.25, 0.3) is 0 Å². The molecule has 0 bridgehead atoms. The van der Waals surface area contributed by atoms with Crippen LogP contribution in [0.4, 0.5) is 0 Å². The Labute approximate surface area is 202 Å². The number of carbonyl (C=O) groups excluding carboxylic acids is 4. The third kappa shape index (κ3) is 10.3. The van der Waals surface area contributed by atoms with Crippen molar-refractivity contribution in [2.45, 2.75) is 82.0 Å². The fraction of sp³-hybridized carbons (Fsp3) is 0.714. The number of nitrogens with two attached hydrogens (primary N) is 3. The summed E-state index contributed by atoms with van der Waals surface area (Å²) >= 11 is 0. The fourth-order valence-electron chi connectivity index (χ4n) is 3.77. The molecule has 1 saturated heterocycles. The van der Waals surface area contributed by atoms with Crippen LogP contribution in [0.15, 0.2) is 0 Å². The third-order valence-corrected chi connectivity index (χ3v) is 5.70. The number of unbranched alkanes of at least 4 members (excludes halogenated alkanes) is 1. The molecule has 1 rings (SSSR count). The zero-order valence-electron chi connectivity index (χ0n) is 19.6. The molecule has 1 heterocycles.